The van der Waals surface area contributed by atoms with Crippen molar-refractivity contribution >= 4 is 17.3 Å². The molecule has 1 rings (SSSR count). The molecule has 1 atom stereocenters. The summed E-state index contributed by atoms with van der Waals surface area (Å²) in [5, 5.41) is 17.8. The Morgan fingerprint density at radius 3 is 3.07 bits per heavy atom. The first kappa shape index (κ1) is 10.7. The molecule has 0 saturated heterocycles. The van der Waals surface area contributed by atoms with Gasteiger partial charge in [-0.25, -0.2) is 4.79 Å². The summed E-state index contributed by atoms with van der Waals surface area (Å²) in [5.74, 6) is -0.426. The SMILES string of the molecule is COC(=O)c1ccc(C(O)CC#N)s1. The predicted octanol–water partition coefficient (Wildman–Crippen LogP) is 1.48. The Balaban J connectivity index is 2.78. The zero-order chi connectivity index (χ0) is 10.6. The fourth-order valence-corrected chi connectivity index (χ4v) is 1.84. The maximum Gasteiger partial charge on any atom is 0.348 e. The van der Waals surface area contributed by atoms with E-state index in [2.05, 4.69) is 4.74 Å². The lowest BCUT2D eigenvalue weighted by molar-refractivity contribution is 0.0606. The summed E-state index contributed by atoms with van der Waals surface area (Å²) in [6, 6.07) is 5.06. The van der Waals surface area contributed by atoms with Crippen LogP contribution < -0.4 is 0 Å². The van der Waals surface area contributed by atoms with Crippen molar-refractivity contribution in [3.63, 3.8) is 0 Å². The summed E-state index contributed by atoms with van der Waals surface area (Å²) in [6.07, 6.45) is -0.787. The Kier molecular flexibility index (Phi) is 3.63. The van der Waals surface area contributed by atoms with Crippen LogP contribution in [0.2, 0.25) is 0 Å². The van der Waals surface area contributed by atoms with Crippen molar-refractivity contribution in [3.8, 4) is 6.07 Å². The molecule has 0 radical (unpaired) electrons. The van der Waals surface area contributed by atoms with E-state index >= 15 is 0 Å². The van der Waals surface area contributed by atoms with Gasteiger partial charge in [0.2, 0.25) is 0 Å². The summed E-state index contributed by atoms with van der Waals surface area (Å²) in [4.78, 5) is 12.1. The Morgan fingerprint density at radius 1 is 1.79 bits per heavy atom. The average Bonchev–Trinajstić information content (AvgIpc) is 2.66. The molecular formula is C9H9NO3S. The lowest BCUT2D eigenvalue weighted by atomic mass is 10.2. The minimum atomic E-state index is -0.816. The Bertz CT molecular complexity index is 366. The van der Waals surface area contributed by atoms with Gasteiger partial charge in [-0.3, -0.25) is 0 Å². The number of carbonyl (C=O) groups is 1. The van der Waals surface area contributed by atoms with Gasteiger partial charge in [-0.15, -0.1) is 11.3 Å². The van der Waals surface area contributed by atoms with Gasteiger partial charge in [0.25, 0.3) is 0 Å². The molecule has 1 aromatic heterocycles. The summed E-state index contributed by atoms with van der Waals surface area (Å²) in [6.45, 7) is 0. The van der Waals surface area contributed by atoms with Crippen LogP contribution in [0.4, 0.5) is 0 Å². The zero-order valence-electron chi connectivity index (χ0n) is 7.56. The standard InChI is InChI=1S/C9H9NO3S/c1-13-9(12)8-3-2-7(14-8)6(11)4-5-10/h2-3,6,11H,4H2,1H3. The number of aliphatic hydroxyl groups is 1. The van der Waals surface area contributed by atoms with E-state index < -0.39 is 12.1 Å². The quantitative estimate of drug-likeness (QED) is 0.769. The molecule has 4 nitrogen and oxygen atoms in total. The maximum absolute atomic E-state index is 11.0. The van der Waals surface area contributed by atoms with Gasteiger partial charge in [0.1, 0.15) is 11.0 Å². The van der Waals surface area contributed by atoms with Crippen LogP contribution in [-0.4, -0.2) is 18.2 Å². The number of nitrogens with zero attached hydrogens (tertiary/aromatic N) is 1. The number of nitriles is 1. The molecule has 0 amide bonds. The Hall–Kier alpha value is -1.38. The first-order valence-corrected chi connectivity index (χ1v) is 4.73. The van der Waals surface area contributed by atoms with Crippen molar-refractivity contribution < 1.29 is 14.6 Å². The van der Waals surface area contributed by atoms with Gasteiger partial charge < -0.3 is 9.84 Å². The van der Waals surface area contributed by atoms with Crippen LogP contribution in [0.1, 0.15) is 27.1 Å². The third-order valence-electron chi connectivity index (χ3n) is 1.63. The van der Waals surface area contributed by atoms with Crippen molar-refractivity contribution in [2.45, 2.75) is 12.5 Å². The van der Waals surface area contributed by atoms with E-state index in [1.807, 2.05) is 6.07 Å². The zero-order valence-corrected chi connectivity index (χ0v) is 8.37. The van der Waals surface area contributed by atoms with Gasteiger partial charge >= 0.3 is 5.97 Å². The molecule has 0 saturated carbocycles. The van der Waals surface area contributed by atoms with E-state index in [-0.39, 0.29) is 6.42 Å². The number of methoxy groups -OCH3 is 1. The number of thiophene rings is 1. The van der Waals surface area contributed by atoms with Gasteiger partial charge in [0.05, 0.1) is 19.6 Å². The fourth-order valence-electron chi connectivity index (χ4n) is 0.929. The summed E-state index contributed by atoms with van der Waals surface area (Å²) < 4.78 is 4.51. The molecule has 0 aromatic carbocycles. The molecule has 1 N–H and O–H groups in total. The summed E-state index contributed by atoms with van der Waals surface area (Å²) in [7, 11) is 1.30. The molecule has 74 valence electrons. The molecule has 0 spiro atoms. The second kappa shape index (κ2) is 4.74. The second-order valence-corrected chi connectivity index (χ2v) is 3.69. The van der Waals surface area contributed by atoms with Crippen LogP contribution in [-0.2, 0) is 4.74 Å². The smallest absolute Gasteiger partial charge is 0.348 e. The van der Waals surface area contributed by atoms with Crippen molar-refractivity contribution in [1.82, 2.24) is 0 Å². The molecule has 1 aromatic rings. The van der Waals surface area contributed by atoms with Crippen LogP contribution in [0.3, 0.4) is 0 Å². The molecule has 0 bridgehead atoms. The molecule has 14 heavy (non-hydrogen) atoms. The largest absolute Gasteiger partial charge is 0.465 e. The topological polar surface area (TPSA) is 70.3 Å². The number of hydrogen-bond donors (Lipinski definition) is 1. The number of esters is 1. The molecule has 1 unspecified atom stereocenters. The average molecular weight is 211 g/mol. The highest BCUT2D eigenvalue weighted by Crippen LogP contribution is 2.25. The highest BCUT2D eigenvalue weighted by molar-refractivity contribution is 7.14. The van der Waals surface area contributed by atoms with Crippen molar-refractivity contribution in [1.29, 1.82) is 5.26 Å². The lowest BCUT2D eigenvalue weighted by Crippen LogP contribution is -1.97. The monoisotopic (exact) mass is 211 g/mol. The fraction of sp³-hybridized carbons (Fsp3) is 0.333. The number of ether oxygens (including phenoxy) is 1. The van der Waals surface area contributed by atoms with Crippen molar-refractivity contribution in [3.05, 3.63) is 21.9 Å². The van der Waals surface area contributed by atoms with Crippen LogP contribution >= 0.6 is 11.3 Å². The minimum absolute atomic E-state index is 0.0289. The van der Waals surface area contributed by atoms with Crippen LogP contribution in [0.5, 0.6) is 0 Å². The highest BCUT2D eigenvalue weighted by Gasteiger charge is 2.13. The third-order valence-corrected chi connectivity index (χ3v) is 2.79. The molecule has 0 fully saturated rings. The van der Waals surface area contributed by atoms with Gasteiger partial charge in [-0.05, 0) is 12.1 Å². The first-order valence-electron chi connectivity index (χ1n) is 3.92. The van der Waals surface area contributed by atoms with E-state index in [9.17, 15) is 9.90 Å². The molecule has 5 heteroatoms. The van der Waals surface area contributed by atoms with Crippen molar-refractivity contribution in [2.75, 3.05) is 7.11 Å². The summed E-state index contributed by atoms with van der Waals surface area (Å²) in [5.41, 5.74) is 0. The van der Waals surface area contributed by atoms with E-state index in [4.69, 9.17) is 5.26 Å². The molecule has 0 aliphatic carbocycles. The van der Waals surface area contributed by atoms with Crippen LogP contribution in [0.25, 0.3) is 0 Å². The van der Waals surface area contributed by atoms with E-state index in [1.165, 1.54) is 7.11 Å². The van der Waals surface area contributed by atoms with Gasteiger partial charge in [0.15, 0.2) is 0 Å². The molecule has 1 heterocycles. The molecule has 0 aliphatic heterocycles. The first-order chi connectivity index (χ1) is 6.69. The normalized spacial score (nSPS) is 11.8. The number of rotatable bonds is 3. The Labute approximate surface area is 85.4 Å². The summed E-state index contributed by atoms with van der Waals surface area (Å²) >= 11 is 1.14. The maximum atomic E-state index is 11.0. The predicted molar refractivity (Wildman–Crippen MR) is 50.8 cm³/mol. The minimum Gasteiger partial charge on any atom is -0.465 e. The van der Waals surface area contributed by atoms with Gasteiger partial charge in [-0.1, -0.05) is 0 Å². The Morgan fingerprint density at radius 2 is 2.50 bits per heavy atom. The number of hydrogen-bond acceptors (Lipinski definition) is 5. The van der Waals surface area contributed by atoms with Crippen molar-refractivity contribution in [2.24, 2.45) is 0 Å². The second-order valence-electron chi connectivity index (χ2n) is 2.57. The van der Waals surface area contributed by atoms with E-state index in [1.54, 1.807) is 12.1 Å². The molecule has 0 aliphatic rings. The van der Waals surface area contributed by atoms with E-state index in [0.717, 1.165) is 11.3 Å². The molecular weight excluding hydrogens is 202 g/mol. The van der Waals surface area contributed by atoms with Crippen LogP contribution in [0.15, 0.2) is 12.1 Å². The number of aliphatic hydroxyl groups excluding tert-OH is 1. The third kappa shape index (κ3) is 2.31. The highest BCUT2D eigenvalue weighted by atomic mass is 32.1. The van der Waals surface area contributed by atoms with Gasteiger partial charge in [0, 0.05) is 4.88 Å². The lowest BCUT2D eigenvalue weighted by Gasteiger charge is -2.00. The van der Waals surface area contributed by atoms with Crippen LogP contribution in [0, 0.1) is 11.3 Å². The van der Waals surface area contributed by atoms with E-state index in [0.29, 0.717) is 9.75 Å². The van der Waals surface area contributed by atoms with Gasteiger partial charge in [-0.2, -0.15) is 5.26 Å². The number of carbonyl (C=O) groups excluding carboxylic acids is 1.